The second kappa shape index (κ2) is 7.18. The Morgan fingerprint density at radius 2 is 1.53 bits per heavy atom. The number of nitrogens with zero attached hydrogens (tertiary/aromatic N) is 5. The predicted molar refractivity (Wildman–Crippen MR) is 105 cm³/mol. The molecule has 0 fully saturated rings. The molecule has 30 heavy (non-hydrogen) atoms. The number of carbonyl (C=O) groups excluding carboxylic acids is 3. The summed E-state index contributed by atoms with van der Waals surface area (Å²) >= 11 is 0. The highest BCUT2D eigenvalue weighted by molar-refractivity contribution is 6.20. The van der Waals surface area contributed by atoms with Crippen LogP contribution in [0.25, 0.3) is 5.95 Å². The van der Waals surface area contributed by atoms with Gasteiger partial charge in [0.25, 0.3) is 17.8 Å². The fraction of sp³-hybridized carbons (Fsp3) is 0.238. The molecule has 9 nitrogen and oxygen atoms in total. The van der Waals surface area contributed by atoms with Crippen LogP contribution in [0, 0.1) is 27.7 Å². The number of benzene rings is 1. The SMILES string of the molecule is Cc1cc(C)nc(-n2nc(C)c(CC(=O)ON3C(=O)c4ccccc4C3=O)c2C)n1. The van der Waals surface area contributed by atoms with Crippen molar-refractivity contribution in [3.05, 3.63) is 69.8 Å². The molecule has 152 valence electrons. The topological polar surface area (TPSA) is 107 Å². The van der Waals surface area contributed by atoms with Gasteiger partial charge in [0.1, 0.15) is 0 Å². The molecule has 0 unspecified atom stereocenters. The summed E-state index contributed by atoms with van der Waals surface area (Å²) in [6, 6.07) is 8.18. The van der Waals surface area contributed by atoms with E-state index in [1.54, 1.807) is 30.7 Å². The van der Waals surface area contributed by atoms with Gasteiger partial charge in [-0.1, -0.05) is 17.2 Å². The molecule has 0 bridgehead atoms. The predicted octanol–water partition coefficient (Wildman–Crippen LogP) is 2.19. The lowest BCUT2D eigenvalue weighted by molar-refractivity contribution is -0.167. The fourth-order valence-corrected chi connectivity index (χ4v) is 3.46. The van der Waals surface area contributed by atoms with Gasteiger partial charge in [-0.15, -0.1) is 0 Å². The molecule has 2 amide bonds. The maximum atomic E-state index is 12.5. The van der Waals surface area contributed by atoms with Crippen molar-refractivity contribution in [1.82, 2.24) is 24.8 Å². The molecule has 1 aromatic carbocycles. The van der Waals surface area contributed by atoms with E-state index in [1.165, 1.54) is 12.1 Å². The standard InChI is InChI=1S/C21H19N5O4/c1-11-9-12(2)23-21(22-11)25-14(4)17(13(3)24-25)10-18(27)30-26-19(28)15-7-5-6-8-16(15)20(26)29/h5-9H,10H2,1-4H3. The zero-order valence-electron chi connectivity index (χ0n) is 17.0. The summed E-state index contributed by atoms with van der Waals surface area (Å²) < 4.78 is 1.57. The van der Waals surface area contributed by atoms with E-state index < -0.39 is 17.8 Å². The highest BCUT2D eigenvalue weighted by Crippen LogP contribution is 2.24. The van der Waals surface area contributed by atoms with Crippen molar-refractivity contribution in [3.8, 4) is 5.95 Å². The quantitative estimate of drug-likeness (QED) is 0.612. The van der Waals surface area contributed by atoms with Crippen LogP contribution in [0.3, 0.4) is 0 Å². The van der Waals surface area contributed by atoms with Crippen LogP contribution in [0.4, 0.5) is 0 Å². The van der Waals surface area contributed by atoms with E-state index in [4.69, 9.17) is 4.84 Å². The Morgan fingerprint density at radius 1 is 0.967 bits per heavy atom. The van der Waals surface area contributed by atoms with Crippen molar-refractivity contribution in [2.24, 2.45) is 0 Å². The van der Waals surface area contributed by atoms with Gasteiger partial charge in [-0.3, -0.25) is 9.59 Å². The molecule has 3 heterocycles. The first-order chi connectivity index (χ1) is 14.3. The van der Waals surface area contributed by atoms with Gasteiger partial charge in [0.15, 0.2) is 0 Å². The van der Waals surface area contributed by atoms with Gasteiger partial charge in [-0.2, -0.15) is 5.10 Å². The Morgan fingerprint density at radius 3 is 2.10 bits per heavy atom. The lowest BCUT2D eigenvalue weighted by Gasteiger charge is -2.12. The smallest absolute Gasteiger partial charge is 0.329 e. The van der Waals surface area contributed by atoms with Gasteiger partial charge in [0.2, 0.25) is 0 Å². The summed E-state index contributed by atoms with van der Waals surface area (Å²) in [5, 5.41) is 4.96. The lowest BCUT2D eigenvalue weighted by atomic mass is 10.1. The summed E-state index contributed by atoms with van der Waals surface area (Å²) in [6.07, 6.45) is -0.157. The Hall–Kier alpha value is -3.88. The van der Waals surface area contributed by atoms with Gasteiger partial charge in [-0.05, 0) is 45.9 Å². The van der Waals surface area contributed by atoms with Crippen LogP contribution in [0.15, 0.2) is 30.3 Å². The van der Waals surface area contributed by atoms with E-state index in [2.05, 4.69) is 15.1 Å². The molecule has 0 N–H and O–H groups in total. The molecule has 4 rings (SSSR count). The Labute approximate surface area is 172 Å². The molecule has 0 radical (unpaired) electrons. The second-order valence-electron chi connectivity index (χ2n) is 7.10. The third-order valence-corrected chi connectivity index (χ3v) is 4.87. The summed E-state index contributed by atoms with van der Waals surface area (Å²) in [7, 11) is 0. The minimum atomic E-state index is -0.739. The third-order valence-electron chi connectivity index (χ3n) is 4.87. The molecule has 1 aliphatic rings. The molecule has 0 saturated heterocycles. The monoisotopic (exact) mass is 405 g/mol. The molecular formula is C21H19N5O4. The van der Waals surface area contributed by atoms with Crippen molar-refractivity contribution in [2.45, 2.75) is 34.1 Å². The molecule has 0 spiro atoms. The van der Waals surface area contributed by atoms with Crippen LogP contribution in [0.2, 0.25) is 0 Å². The number of rotatable bonds is 4. The summed E-state index contributed by atoms with van der Waals surface area (Å²) in [6.45, 7) is 7.29. The number of amides is 2. The first kappa shape index (κ1) is 19.4. The Kier molecular flexibility index (Phi) is 4.65. The highest BCUT2D eigenvalue weighted by Gasteiger charge is 2.38. The largest absolute Gasteiger partial charge is 0.337 e. The van der Waals surface area contributed by atoms with Crippen LogP contribution >= 0.6 is 0 Å². The zero-order valence-corrected chi connectivity index (χ0v) is 17.0. The first-order valence-corrected chi connectivity index (χ1v) is 9.32. The van der Waals surface area contributed by atoms with Gasteiger partial charge in [-0.25, -0.2) is 19.4 Å². The van der Waals surface area contributed by atoms with Gasteiger partial charge in [0, 0.05) is 22.6 Å². The number of hydrogen-bond donors (Lipinski definition) is 0. The Bertz CT molecular complexity index is 1160. The van der Waals surface area contributed by atoms with E-state index in [9.17, 15) is 14.4 Å². The van der Waals surface area contributed by atoms with Gasteiger partial charge >= 0.3 is 5.97 Å². The van der Waals surface area contributed by atoms with E-state index >= 15 is 0 Å². The van der Waals surface area contributed by atoms with E-state index in [0.29, 0.717) is 28.0 Å². The number of hydrogen-bond acceptors (Lipinski definition) is 7. The van der Waals surface area contributed by atoms with Crippen LogP contribution < -0.4 is 0 Å². The van der Waals surface area contributed by atoms with Crippen LogP contribution in [-0.4, -0.2) is 42.6 Å². The summed E-state index contributed by atoms with van der Waals surface area (Å²) in [5.74, 6) is -1.64. The molecule has 1 aliphatic heterocycles. The maximum Gasteiger partial charge on any atom is 0.337 e. The average molecular weight is 405 g/mol. The molecule has 0 saturated carbocycles. The first-order valence-electron chi connectivity index (χ1n) is 9.32. The third kappa shape index (κ3) is 3.24. The van der Waals surface area contributed by atoms with Gasteiger partial charge in [0.05, 0.1) is 23.2 Å². The molecule has 9 heteroatoms. The fourth-order valence-electron chi connectivity index (χ4n) is 3.46. The number of fused-ring (bicyclic) bond motifs is 1. The molecule has 0 aliphatic carbocycles. The second-order valence-corrected chi connectivity index (χ2v) is 7.10. The van der Waals surface area contributed by atoms with Gasteiger partial charge < -0.3 is 4.84 Å². The van der Waals surface area contributed by atoms with E-state index in [1.807, 2.05) is 19.9 Å². The minimum absolute atomic E-state index is 0.157. The average Bonchev–Trinajstić information content (AvgIpc) is 3.11. The van der Waals surface area contributed by atoms with Crippen molar-refractivity contribution in [1.29, 1.82) is 0 Å². The van der Waals surface area contributed by atoms with Crippen LogP contribution in [-0.2, 0) is 16.1 Å². The maximum absolute atomic E-state index is 12.5. The van der Waals surface area contributed by atoms with Crippen LogP contribution in [0.1, 0.15) is 49.1 Å². The van der Waals surface area contributed by atoms with Crippen LogP contribution in [0.5, 0.6) is 0 Å². The number of hydroxylamine groups is 2. The van der Waals surface area contributed by atoms with Crippen molar-refractivity contribution in [3.63, 3.8) is 0 Å². The normalized spacial score (nSPS) is 13.0. The van der Waals surface area contributed by atoms with E-state index in [-0.39, 0.29) is 17.5 Å². The molecular weight excluding hydrogens is 386 g/mol. The number of aryl methyl sites for hydroxylation is 3. The lowest BCUT2D eigenvalue weighted by Crippen LogP contribution is -2.33. The molecule has 2 aromatic heterocycles. The number of aromatic nitrogens is 4. The summed E-state index contributed by atoms with van der Waals surface area (Å²) in [5.41, 5.74) is 3.93. The molecule has 0 atom stereocenters. The van der Waals surface area contributed by atoms with Crippen molar-refractivity contribution >= 4 is 17.8 Å². The zero-order chi connectivity index (χ0) is 21.6. The Balaban J connectivity index is 1.56. The van der Waals surface area contributed by atoms with Crippen molar-refractivity contribution < 1.29 is 19.2 Å². The molecule has 3 aromatic rings. The number of carbonyl (C=O) groups is 3. The minimum Gasteiger partial charge on any atom is -0.329 e. The highest BCUT2D eigenvalue weighted by atomic mass is 16.7. The number of imide groups is 1. The summed E-state index contributed by atoms with van der Waals surface area (Å²) in [4.78, 5) is 51.2. The van der Waals surface area contributed by atoms with Crippen molar-refractivity contribution in [2.75, 3.05) is 0 Å². The van der Waals surface area contributed by atoms with E-state index in [0.717, 1.165) is 11.4 Å².